The molecular weight excluding hydrogens is 312 g/mol. The highest BCUT2D eigenvalue weighted by molar-refractivity contribution is 5.40. The minimum atomic E-state index is 0.523. The molecule has 0 unspecified atom stereocenters. The van der Waals surface area contributed by atoms with Crippen LogP contribution >= 0.6 is 0 Å². The second kappa shape index (κ2) is 7.93. The molecule has 1 aromatic heterocycles. The van der Waals surface area contributed by atoms with Gasteiger partial charge in [0, 0.05) is 63.6 Å². The summed E-state index contributed by atoms with van der Waals surface area (Å²) in [5.41, 5.74) is 2.57. The van der Waals surface area contributed by atoms with Crippen LogP contribution in [0.5, 0.6) is 0 Å². The summed E-state index contributed by atoms with van der Waals surface area (Å²) in [6.45, 7) is 6.93. The van der Waals surface area contributed by atoms with Crippen molar-refractivity contribution in [2.75, 3.05) is 44.3 Å². The van der Waals surface area contributed by atoms with E-state index in [1.165, 1.54) is 11.3 Å². The zero-order valence-electron chi connectivity index (χ0n) is 14.7. The van der Waals surface area contributed by atoms with Crippen LogP contribution in [-0.2, 0) is 11.3 Å². The summed E-state index contributed by atoms with van der Waals surface area (Å²) in [4.78, 5) is 14.0. The molecule has 1 aromatic carbocycles. The number of rotatable bonds is 4. The van der Waals surface area contributed by atoms with Gasteiger partial charge in [0.15, 0.2) is 0 Å². The third-order valence-corrected chi connectivity index (χ3v) is 5.26. The fourth-order valence-electron chi connectivity index (χ4n) is 3.73. The van der Waals surface area contributed by atoms with Gasteiger partial charge in [0.05, 0.1) is 0 Å². The Morgan fingerprint density at radius 2 is 1.72 bits per heavy atom. The predicted octanol–water partition coefficient (Wildman–Crippen LogP) is 2.69. The van der Waals surface area contributed by atoms with E-state index in [4.69, 9.17) is 4.74 Å². The van der Waals surface area contributed by atoms with Crippen LogP contribution in [0.2, 0.25) is 0 Å². The van der Waals surface area contributed by atoms with E-state index in [-0.39, 0.29) is 0 Å². The zero-order valence-corrected chi connectivity index (χ0v) is 14.7. The zero-order chi connectivity index (χ0) is 16.9. The summed E-state index contributed by atoms with van der Waals surface area (Å²) >= 11 is 0. The van der Waals surface area contributed by atoms with Crippen molar-refractivity contribution in [2.24, 2.45) is 0 Å². The highest BCUT2D eigenvalue weighted by atomic mass is 16.5. The molecule has 25 heavy (non-hydrogen) atoms. The first-order valence-electron chi connectivity index (χ1n) is 9.29. The van der Waals surface area contributed by atoms with Crippen LogP contribution in [0.1, 0.15) is 30.0 Å². The van der Waals surface area contributed by atoms with Crippen LogP contribution in [0, 0.1) is 0 Å². The van der Waals surface area contributed by atoms with Crippen LogP contribution < -0.4 is 4.90 Å². The number of hydrogen-bond acceptors (Lipinski definition) is 5. The lowest BCUT2D eigenvalue weighted by Gasteiger charge is -2.35. The third-order valence-electron chi connectivity index (χ3n) is 5.26. The molecule has 0 N–H and O–H groups in total. The Balaban J connectivity index is 1.36. The Kier molecular flexibility index (Phi) is 5.23. The molecule has 4 rings (SSSR count). The highest BCUT2D eigenvalue weighted by Crippen LogP contribution is 2.27. The van der Waals surface area contributed by atoms with Gasteiger partial charge in [0.1, 0.15) is 12.1 Å². The summed E-state index contributed by atoms with van der Waals surface area (Å²) in [5, 5.41) is 0. The molecule has 3 heterocycles. The van der Waals surface area contributed by atoms with Gasteiger partial charge in [-0.15, -0.1) is 0 Å². The summed E-state index contributed by atoms with van der Waals surface area (Å²) in [6, 6.07) is 12.9. The molecule has 0 saturated carbocycles. The van der Waals surface area contributed by atoms with Gasteiger partial charge in [-0.1, -0.05) is 30.3 Å². The predicted molar refractivity (Wildman–Crippen MR) is 98.8 cm³/mol. The second-order valence-electron chi connectivity index (χ2n) is 6.94. The number of ether oxygens (including phenoxy) is 1. The first kappa shape index (κ1) is 16.5. The quantitative estimate of drug-likeness (QED) is 0.857. The Hall–Kier alpha value is -1.98. The number of aromatic nitrogens is 2. The fraction of sp³-hybridized carbons (Fsp3) is 0.500. The smallest absolute Gasteiger partial charge is 0.132 e. The molecule has 5 nitrogen and oxygen atoms in total. The lowest BCUT2D eigenvalue weighted by molar-refractivity contribution is 0.0845. The largest absolute Gasteiger partial charge is 0.381 e. The van der Waals surface area contributed by atoms with Crippen LogP contribution in [0.3, 0.4) is 0 Å². The molecule has 0 amide bonds. The normalized spacial score (nSPS) is 19.9. The molecule has 2 saturated heterocycles. The SMILES string of the molecule is c1ccc(CN2CCN(c3cc(C4CCOCC4)ncn3)CC2)cc1. The van der Waals surface area contributed by atoms with Gasteiger partial charge in [-0.05, 0) is 18.4 Å². The van der Waals surface area contributed by atoms with Crippen molar-refractivity contribution in [3.63, 3.8) is 0 Å². The van der Waals surface area contributed by atoms with Gasteiger partial charge in [-0.25, -0.2) is 9.97 Å². The van der Waals surface area contributed by atoms with Gasteiger partial charge in [0.2, 0.25) is 0 Å². The maximum absolute atomic E-state index is 5.47. The summed E-state index contributed by atoms with van der Waals surface area (Å²) < 4.78 is 5.47. The van der Waals surface area contributed by atoms with Crippen molar-refractivity contribution >= 4 is 5.82 Å². The molecule has 132 valence electrons. The molecule has 5 heteroatoms. The number of hydrogen-bond donors (Lipinski definition) is 0. The summed E-state index contributed by atoms with van der Waals surface area (Å²) in [5.74, 6) is 1.60. The van der Waals surface area contributed by atoms with Gasteiger partial charge < -0.3 is 9.64 Å². The van der Waals surface area contributed by atoms with Crippen LogP contribution in [0.4, 0.5) is 5.82 Å². The highest BCUT2D eigenvalue weighted by Gasteiger charge is 2.21. The summed E-state index contributed by atoms with van der Waals surface area (Å²) in [6.07, 6.45) is 3.87. The topological polar surface area (TPSA) is 41.5 Å². The Bertz CT molecular complexity index is 664. The van der Waals surface area contributed by atoms with Crippen LogP contribution in [-0.4, -0.2) is 54.3 Å². The van der Waals surface area contributed by atoms with Crippen molar-refractivity contribution < 1.29 is 4.74 Å². The first-order chi connectivity index (χ1) is 12.4. The minimum absolute atomic E-state index is 0.523. The van der Waals surface area contributed by atoms with Gasteiger partial charge in [-0.2, -0.15) is 0 Å². The molecule has 2 fully saturated rings. The molecule has 0 atom stereocenters. The second-order valence-corrected chi connectivity index (χ2v) is 6.94. The lowest BCUT2D eigenvalue weighted by Crippen LogP contribution is -2.46. The Labute approximate surface area is 149 Å². The lowest BCUT2D eigenvalue weighted by atomic mass is 9.96. The van der Waals surface area contributed by atoms with Crippen LogP contribution in [0.15, 0.2) is 42.7 Å². The van der Waals surface area contributed by atoms with Crippen molar-refractivity contribution in [1.82, 2.24) is 14.9 Å². The Morgan fingerprint density at radius 3 is 2.48 bits per heavy atom. The maximum atomic E-state index is 5.47. The molecule has 2 aliphatic rings. The molecule has 2 aromatic rings. The third kappa shape index (κ3) is 4.17. The first-order valence-corrected chi connectivity index (χ1v) is 9.29. The van der Waals surface area contributed by atoms with Crippen molar-refractivity contribution in [3.8, 4) is 0 Å². The molecule has 0 aliphatic carbocycles. The molecule has 0 spiro atoms. The molecule has 0 bridgehead atoms. The van der Waals surface area contributed by atoms with E-state index in [0.717, 1.165) is 64.6 Å². The van der Waals surface area contributed by atoms with E-state index in [9.17, 15) is 0 Å². The van der Waals surface area contributed by atoms with Gasteiger partial charge in [-0.3, -0.25) is 4.90 Å². The van der Waals surface area contributed by atoms with Crippen molar-refractivity contribution in [1.29, 1.82) is 0 Å². The van der Waals surface area contributed by atoms with E-state index >= 15 is 0 Å². The van der Waals surface area contributed by atoms with E-state index in [1.54, 1.807) is 6.33 Å². The Morgan fingerprint density at radius 1 is 0.960 bits per heavy atom. The average Bonchev–Trinajstić information content (AvgIpc) is 2.70. The van der Waals surface area contributed by atoms with E-state index in [1.807, 2.05) is 0 Å². The van der Waals surface area contributed by atoms with E-state index < -0.39 is 0 Å². The van der Waals surface area contributed by atoms with Crippen molar-refractivity contribution in [3.05, 3.63) is 54.0 Å². The minimum Gasteiger partial charge on any atom is -0.381 e. The number of piperazine rings is 1. The fourth-order valence-corrected chi connectivity index (χ4v) is 3.73. The molecular formula is C20H26N4O. The van der Waals surface area contributed by atoms with Gasteiger partial charge >= 0.3 is 0 Å². The molecule has 0 radical (unpaired) electrons. The maximum Gasteiger partial charge on any atom is 0.132 e. The van der Waals surface area contributed by atoms with Crippen molar-refractivity contribution in [2.45, 2.75) is 25.3 Å². The summed E-state index contributed by atoms with van der Waals surface area (Å²) in [7, 11) is 0. The van der Waals surface area contributed by atoms with Gasteiger partial charge in [0.25, 0.3) is 0 Å². The van der Waals surface area contributed by atoms with E-state index in [2.05, 4.69) is 56.2 Å². The number of nitrogens with zero attached hydrogens (tertiary/aromatic N) is 4. The molecule has 2 aliphatic heterocycles. The number of benzene rings is 1. The van der Waals surface area contributed by atoms with Crippen LogP contribution in [0.25, 0.3) is 0 Å². The number of anilines is 1. The van der Waals surface area contributed by atoms with E-state index in [0.29, 0.717) is 5.92 Å². The average molecular weight is 338 g/mol. The monoisotopic (exact) mass is 338 g/mol. The standard InChI is InChI=1S/C20H26N4O/c1-2-4-17(5-3-1)15-23-8-10-24(11-9-23)20-14-19(21-16-22-20)18-6-12-25-13-7-18/h1-5,14,16,18H,6-13,15H2.